The average molecular weight is 367 g/mol. The number of hydrogen-bond donors (Lipinski definition) is 2. The second-order valence-corrected chi connectivity index (χ2v) is 7.21. The number of nitrogens with zero attached hydrogens (tertiary/aromatic N) is 3. The van der Waals surface area contributed by atoms with E-state index in [9.17, 15) is 4.79 Å². The number of H-pyrrole nitrogens is 1. The number of aromatic nitrogens is 2. The Morgan fingerprint density at radius 1 is 1.41 bits per heavy atom. The Labute approximate surface area is 158 Å². The van der Waals surface area contributed by atoms with Gasteiger partial charge in [0.2, 0.25) is 5.95 Å². The van der Waals surface area contributed by atoms with Crippen LogP contribution in [0.5, 0.6) is 5.75 Å². The second-order valence-electron chi connectivity index (χ2n) is 7.21. The zero-order chi connectivity index (χ0) is 19.1. The summed E-state index contributed by atoms with van der Waals surface area (Å²) >= 11 is 0. The SMILES string of the molecule is C=C(CC)N1CCN(c2nc3cc(OC)cc(C4CC4)c3c(=O)[nH]2)CC1=N. The van der Waals surface area contributed by atoms with Crippen LogP contribution >= 0.6 is 0 Å². The summed E-state index contributed by atoms with van der Waals surface area (Å²) in [5.41, 5.74) is 2.51. The van der Waals surface area contributed by atoms with Crippen LogP contribution in [0.4, 0.5) is 5.95 Å². The third-order valence-corrected chi connectivity index (χ3v) is 5.40. The number of nitrogens with one attached hydrogen (secondary N) is 2. The lowest BCUT2D eigenvalue weighted by atomic mass is 10.0. The first-order valence-corrected chi connectivity index (χ1v) is 9.41. The van der Waals surface area contributed by atoms with Crippen LogP contribution in [0, 0.1) is 5.41 Å². The van der Waals surface area contributed by atoms with Crippen molar-refractivity contribution in [3.63, 3.8) is 0 Å². The van der Waals surface area contributed by atoms with Gasteiger partial charge in [-0.25, -0.2) is 4.98 Å². The minimum Gasteiger partial charge on any atom is -0.497 e. The quantitative estimate of drug-likeness (QED) is 0.849. The van der Waals surface area contributed by atoms with Crippen LogP contribution in [0.15, 0.2) is 29.2 Å². The first kappa shape index (κ1) is 17.6. The van der Waals surface area contributed by atoms with Crippen LogP contribution in [-0.4, -0.2) is 47.4 Å². The summed E-state index contributed by atoms with van der Waals surface area (Å²) in [5, 5.41) is 8.98. The van der Waals surface area contributed by atoms with Gasteiger partial charge >= 0.3 is 0 Å². The Morgan fingerprint density at radius 2 is 2.19 bits per heavy atom. The van der Waals surface area contributed by atoms with Crippen molar-refractivity contribution in [2.24, 2.45) is 0 Å². The Hall–Kier alpha value is -2.83. The van der Waals surface area contributed by atoms with Gasteiger partial charge in [-0.3, -0.25) is 15.2 Å². The number of rotatable bonds is 5. The predicted molar refractivity (Wildman–Crippen MR) is 107 cm³/mol. The molecule has 2 N–H and O–H groups in total. The van der Waals surface area contributed by atoms with Gasteiger partial charge < -0.3 is 14.5 Å². The summed E-state index contributed by atoms with van der Waals surface area (Å²) in [6.07, 6.45) is 3.02. The zero-order valence-electron chi connectivity index (χ0n) is 15.8. The van der Waals surface area contributed by atoms with Gasteiger partial charge in [-0.2, -0.15) is 0 Å². The number of ether oxygens (including phenoxy) is 1. The van der Waals surface area contributed by atoms with Crippen molar-refractivity contribution in [2.45, 2.75) is 32.1 Å². The maximum atomic E-state index is 12.9. The number of fused-ring (bicyclic) bond motifs is 1. The van der Waals surface area contributed by atoms with Crippen LogP contribution in [-0.2, 0) is 0 Å². The highest BCUT2D eigenvalue weighted by Gasteiger charge is 2.29. The molecule has 0 amide bonds. The molecule has 2 heterocycles. The number of methoxy groups -OCH3 is 1. The highest BCUT2D eigenvalue weighted by atomic mass is 16.5. The molecule has 0 bridgehead atoms. The van der Waals surface area contributed by atoms with Crippen molar-refractivity contribution in [1.29, 1.82) is 5.41 Å². The molecule has 27 heavy (non-hydrogen) atoms. The zero-order valence-corrected chi connectivity index (χ0v) is 15.8. The van der Waals surface area contributed by atoms with E-state index in [1.165, 1.54) is 0 Å². The van der Waals surface area contributed by atoms with E-state index in [0.717, 1.165) is 36.3 Å². The molecule has 0 atom stereocenters. The van der Waals surface area contributed by atoms with Crippen molar-refractivity contribution in [2.75, 3.05) is 31.6 Å². The lowest BCUT2D eigenvalue weighted by Gasteiger charge is -2.37. The third-order valence-electron chi connectivity index (χ3n) is 5.40. The molecule has 0 unspecified atom stereocenters. The van der Waals surface area contributed by atoms with Gasteiger partial charge in [-0.05, 0) is 36.8 Å². The molecule has 1 aliphatic heterocycles. The fraction of sp³-hybridized carbons (Fsp3) is 0.450. The van der Waals surface area contributed by atoms with E-state index in [4.69, 9.17) is 15.1 Å². The summed E-state index contributed by atoms with van der Waals surface area (Å²) in [7, 11) is 1.63. The topological polar surface area (TPSA) is 85.3 Å². The third kappa shape index (κ3) is 3.18. The van der Waals surface area contributed by atoms with E-state index in [2.05, 4.69) is 11.6 Å². The summed E-state index contributed by atoms with van der Waals surface area (Å²) in [4.78, 5) is 24.4. The largest absolute Gasteiger partial charge is 0.497 e. The van der Waals surface area contributed by atoms with E-state index in [-0.39, 0.29) is 5.56 Å². The van der Waals surface area contributed by atoms with Gasteiger partial charge in [-0.15, -0.1) is 0 Å². The molecule has 7 nitrogen and oxygen atoms in total. The van der Waals surface area contributed by atoms with E-state index < -0.39 is 0 Å². The monoisotopic (exact) mass is 367 g/mol. The highest BCUT2D eigenvalue weighted by Crippen LogP contribution is 2.43. The van der Waals surface area contributed by atoms with Crippen LogP contribution in [0.1, 0.15) is 37.7 Å². The summed E-state index contributed by atoms with van der Waals surface area (Å²) in [5.74, 6) is 2.13. The number of aromatic amines is 1. The molecule has 1 aromatic heterocycles. The van der Waals surface area contributed by atoms with E-state index in [1.807, 2.05) is 28.9 Å². The van der Waals surface area contributed by atoms with Crippen molar-refractivity contribution in [1.82, 2.24) is 14.9 Å². The van der Waals surface area contributed by atoms with Crippen molar-refractivity contribution >= 4 is 22.7 Å². The molecule has 4 rings (SSSR count). The lowest BCUT2D eigenvalue weighted by Crippen LogP contribution is -2.50. The molecular formula is C20H25N5O2. The first-order valence-electron chi connectivity index (χ1n) is 9.41. The van der Waals surface area contributed by atoms with Crippen molar-refractivity contribution in [3.05, 3.63) is 40.3 Å². The standard InChI is InChI=1S/C20H25N5O2/c1-4-12(2)25-8-7-24(11-17(25)21)20-22-16-10-14(27-3)9-15(13-5-6-13)18(16)19(26)23-20/h9-10,13,21H,2,4-8,11H2,1,3H3,(H,22,23,26). The number of anilines is 1. The van der Waals surface area contributed by atoms with E-state index in [0.29, 0.717) is 48.2 Å². The van der Waals surface area contributed by atoms with E-state index in [1.54, 1.807) is 7.11 Å². The summed E-state index contributed by atoms with van der Waals surface area (Å²) < 4.78 is 5.42. The van der Waals surface area contributed by atoms with E-state index >= 15 is 0 Å². The molecule has 2 aromatic rings. The molecule has 0 radical (unpaired) electrons. The number of allylic oxidation sites excluding steroid dienone is 1. The predicted octanol–water partition coefficient (Wildman–Crippen LogP) is 2.83. The maximum Gasteiger partial charge on any atom is 0.260 e. The Morgan fingerprint density at radius 3 is 2.81 bits per heavy atom. The molecule has 0 spiro atoms. The second kappa shape index (κ2) is 6.72. The number of amidine groups is 1. The average Bonchev–Trinajstić information content (AvgIpc) is 3.51. The Kier molecular flexibility index (Phi) is 4.37. The summed E-state index contributed by atoms with van der Waals surface area (Å²) in [6, 6.07) is 3.78. The van der Waals surface area contributed by atoms with Gasteiger partial charge in [0.15, 0.2) is 0 Å². The van der Waals surface area contributed by atoms with Crippen molar-refractivity contribution < 1.29 is 4.74 Å². The lowest BCUT2D eigenvalue weighted by molar-refractivity contribution is 0.415. The molecule has 7 heteroatoms. The minimum absolute atomic E-state index is 0.119. The Bertz CT molecular complexity index is 976. The fourth-order valence-electron chi connectivity index (χ4n) is 3.67. The maximum absolute atomic E-state index is 12.9. The van der Waals surface area contributed by atoms with Crippen LogP contribution < -0.4 is 15.2 Å². The molecule has 142 valence electrons. The molecular weight excluding hydrogens is 342 g/mol. The molecule has 2 fully saturated rings. The smallest absolute Gasteiger partial charge is 0.260 e. The molecule has 2 aliphatic rings. The minimum atomic E-state index is -0.119. The molecule has 1 saturated carbocycles. The highest BCUT2D eigenvalue weighted by molar-refractivity contribution is 5.88. The number of piperazine rings is 1. The van der Waals surface area contributed by atoms with Gasteiger partial charge in [-0.1, -0.05) is 13.5 Å². The molecule has 1 aromatic carbocycles. The van der Waals surface area contributed by atoms with Gasteiger partial charge in [0.25, 0.3) is 5.56 Å². The fourth-order valence-corrected chi connectivity index (χ4v) is 3.67. The normalized spacial score (nSPS) is 17.5. The molecule has 1 aliphatic carbocycles. The van der Waals surface area contributed by atoms with Gasteiger partial charge in [0.05, 0.1) is 24.6 Å². The van der Waals surface area contributed by atoms with Crippen LogP contribution in [0.3, 0.4) is 0 Å². The van der Waals surface area contributed by atoms with Crippen LogP contribution in [0.25, 0.3) is 10.9 Å². The number of benzene rings is 1. The first-order chi connectivity index (χ1) is 13.0. The number of hydrogen-bond acceptors (Lipinski definition) is 5. The van der Waals surface area contributed by atoms with Crippen molar-refractivity contribution in [3.8, 4) is 5.75 Å². The van der Waals surface area contributed by atoms with Crippen LogP contribution in [0.2, 0.25) is 0 Å². The Balaban J connectivity index is 1.70. The molecule has 1 saturated heterocycles. The summed E-state index contributed by atoms with van der Waals surface area (Å²) in [6.45, 7) is 7.80. The van der Waals surface area contributed by atoms with Gasteiger partial charge in [0.1, 0.15) is 11.6 Å². The van der Waals surface area contributed by atoms with Gasteiger partial charge in [0, 0.05) is 24.9 Å².